The van der Waals surface area contributed by atoms with Crippen molar-refractivity contribution in [1.29, 1.82) is 0 Å². The molecular weight excluding hydrogens is 186 g/mol. The Balaban J connectivity index is 2.35. The number of methoxy groups -OCH3 is 1. The van der Waals surface area contributed by atoms with Crippen LogP contribution in [-0.4, -0.2) is 50.7 Å². The third-order valence-electron chi connectivity index (χ3n) is 1.91. The molecule has 0 aromatic carbocycles. The molecule has 1 aliphatic rings. The van der Waals surface area contributed by atoms with Gasteiger partial charge in [0.2, 0.25) is 0 Å². The first-order chi connectivity index (χ1) is 6.79. The summed E-state index contributed by atoms with van der Waals surface area (Å²) < 4.78 is 14.8. The molecule has 1 aliphatic heterocycles. The van der Waals surface area contributed by atoms with Gasteiger partial charge in [0.15, 0.2) is 0 Å². The van der Waals surface area contributed by atoms with E-state index in [-0.39, 0.29) is 18.9 Å². The topological polar surface area (TPSA) is 48.0 Å². The van der Waals surface area contributed by atoms with E-state index in [0.29, 0.717) is 19.8 Å². The maximum absolute atomic E-state index is 11.2. The van der Waals surface area contributed by atoms with Crippen LogP contribution in [-0.2, 0) is 14.2 Å². The zero-order chi connectivity index (χ0) is 10.4. The second-order valence-electron chi connectivity index (χ2n) is 2.95. The number of carbonyl (C=O) groups excluding carboxylic acids is 1. The number of hydrogen-bond acceptors (Lipinski definition) is 4. The SMILES string of the molecule is C=CCN1C(=O)OC[C@@H]1COCOC. The van der Waals surface area contributed by atoms with Gasteiger partial charge in [-0.3, -0.25) is 4.90 Å². The minimum absolute atomic E-state index is 0.0318. The Hall–Kier alpha value is -1.07. The van der Waals surface area contributed by atoms with Gasteiger partial charge in [0.05, 0.1) is 12.6 Å². The van der Waals surface area contributed by atoms with Crippen LogP contribution in [0.15, 0.2) is 12.7 Å². The maximum Gasteiger partial charge on any atom is 0.410 e. The lowest BCUT2D eigenvalue weighted by Gasteiger charge is -2.19. The Morgan fingerprint density at radius 2 is 2.57 bits per heavy atom. The fourth-order valence-electron chi connectivity index (χ4n) is 1.26. The van der Waals surface area contributed by atoms with Gasteiger partial charge >= 0.3 is 6.09 Å². The molecule has 1 rings (SSSR count). The molecule has 0 unspecified atom stereocenters. The van der Waals surface area contributed by atoms with Crippen molar-refractivity contribution in [3.63, 3.8) is 0 Å². The summed E-state index contributed by atoms with van der Waals surface area (Å²) in [5, 5.41) is 0. The molecule has 0 aliphatic carbocycles. The van der Waals surface area contributed by atoms with Crippen molar-refractivity contribution in [2.24, 2.45) is 0 Å². The second kappa shape index (κ2) is 5.62. The lowest BCUT2D eigenvalue weighted by molar-refractivity contribution is -0.0438. The fourth-order valence-corrected chi connectivity index (χ4v) is 1.26. The highest BCUT2D eigenvalue weighted by Gasteiger charge is 2.31. The van der Waals surface area contributed by atoms with Gasteiger partial charge in [0.1, 0.15) is 13.4 Å². The predicted octanol–water partition coefficient (Wildman–Crippen LogP) is 0.614. The third-order valence-corrected chi connectivity index (χ3v) is 1.91. The van der Waals surface area contributed by atoms with Crippen LogP contribution in [0.1, 0.15) is 0 Å². The van der Waals surface area contributed by atoms with Gasteiger partial charge in [0.25, 0.3) is 0 Å². The van der Waals surface area contributed by atoms with E-state index in [2.05, 4.69) is 6.58 Å². The molecule has 1 amide bonds. The van der Waals surface area contributed by atoms with Crippen LogP contribution in [0.4, 0.5) is 4.79 Å². The first-order valence-corrected chi connectivity index (χ1v) is 4.40. The average Bonchev–Trinajstić information content (AvgIpc) is 2.51. The smallest absolute Gasteiger partial charge is 0.410 e. The van der Waals surface area contributed by atoms with Crippen molar-refractivity contribution in [2.45, 2.75) is 6.04 Å². The number of carbonyl (C=O) groups is 1. The molecule has 5 heteroatoms. The number of hydrogen-bond donors (Lipinski definition) is 0. The number of cyclic esters (lactones) is 1. The van der Waals surface area contributed by atoms with E-state index in [1.54, 1.807) is 18.1 Å². The van der Waals surface area contributed by atoms with Crippen LogP contribution in [0.25, 0.3) is 0 Å². The van der Waals surface area contributed by atoms with Crippen molar-refractivity contribution in [3.05, 3.63) is 12.7 Å². The summed E-state index contributed by atoms with van der Waals surface area (Å²) in [5.41, 5.74) is 0. The summed E-state index contributed by atoms with van der Waals surface area (Å²) in [6, 6.07) is -0.0318. The molecule has 80 valence electrons. The van der Waals surface area contributed by atoms with E-state index < -0.39 is 0 Å². The van der Waals surface area contributed by atoms with Crippen LogP contribution in [0, 0.1) is 0 Å². The highest BCUT2D eigenvalue weighted by Crippen LogP contribution is 2.12. The Kier molecular flexibility index (Phi) is 4.42. The molecule has 0 aromatic heterocycles. The highest BCUT2D eigenvalue weighted by molar-refractivity contribution is 5.70. The van der Waals surface area contributed by atoms with Crippen LogP contribution in [0.3, 0.4) is 0 Å². The Labute approximate surface area is 83.2 Å². The fraction of sp³-hybridized carbons (Fsp3) is 0.667. The van der Waals surface area contributed by atoms with Crippen LogP contribution in [0.5, 0.6) is 0 Å². The summed E-state index contributed by atoms with van der Waals surface area (Å²) in [7, 11) is 1.55. The molecule has 5 nitrogen and oxygen atoms in total. The Morgan fingerprint density at radius 1 is 1.79 bits per heavy atom. The quantitative estimate of drug-likeness (QED) is 0.359. The van der Waals surface area contributed by atoms with Crippen LogP contribution >= 0.6 is 0 Å². The van der Waals surface area contributed by atoms with E-state index in [0.717, 1.165) is 0 Å². The maximum atomic E-state index is 11.2. The van der Waals surface area contributed by atoms with Crippen molar-refractivity contribution in [2.75, 3.05) is 33.7 Å². The molecule has 0 saturated carbocycles. The van der Waals surface area contributed by atoms with E-state index in [1.807, 2.05) is 0 Å². The van der Waals surface area contributed by atoms with Gasteiger partial charge in [-0.15, -0.1) is 6.58 Å². The van der Waals surface area contributed by atoms with Crippen LogP contribution < -0.4 is 0 Å². The number of ether oxygens (including phenoxy) is 3. The van der Waals surface area contributed by atoms with Gasteiger partial charge in [-0.25, -0.2) is 4.79 Å². The highest BCUT2D eigenvalue weighted by atomic mass is 16.7. The normalized spacial score (nSPS) is 21.1. The molecule has 0 aromatic rings. The first-order valence-electron chi connectivity index (χ1n) is 4.40. The van der Waals surface area contributed by atoms with Gasteiger partial charge in [-0.2, -0.15) is 0 Å². The van der Waals surface area contributed by atoms with E-state index in [9.17, 15) is 4.79 Å². The van der Waals surface area contributed by atoms with Crippen molar-refractivity contribution < 1.29 is 19.0 Å². The summed E-state index contributed by atoms with van der Waals surface area (Å²) in [5.74, 6) is 0. The van der Waals surface area contributed by atoms with Gasteiger partial charge in [0, 0.05) is 13.7 Å². The Morgan fingerprint density at radius 3 is 3.21 bits per heavy atom. The minimum atomic E-state index is -0.309. The largest absolute Gasteiger partial charge is 0.447 e. The Bertz CT molecular complexity index is 207. The second-order valence-corrected chi connectivity index (χ2v) is 2.95. The summed E-state index contributed by atoms with van der Waals surface area (Å²) in [4.78, 5) is 12.8. The monoisotopic (exact) mass is 201 g/mol. The van der Waals surface area contributed by atoms with Crippen molar-refractivity contribution in [1.82, 2.24) is 4.90 Å². The summed E-state index contributed by atoms with van der Waals surface area (Å²) in [6.07, 6.45) is 1.35. The standard InChI is InChI=1S/C9H15NO4/c1-3-4-10-8(5-13-7-12-2)6-14-9(10)11/h3,8H,1,4-7H2,2H3/t8-/m0/s1. The molecule has 1 fully saturated rings. The van der Waals surface area contributed by atoms with Crippen molar-refractivity contribution in [3.8, 4) is 0 Å². The van der Waals surface area contributed by atoms with E-state index >= 15 is 0 Å². The lowest BCUT2D eigenvalue weighted by Crippen LogP contribution is -2.37. The third kappa shape index (κ3) is 2.71. The number of amides is 1. The minimum Gasteiger partial charge on any atom is -0.447 e. The van der Waals surface area contributed by atoms with Gasteiger partial charge in [-0.1, -0.05) is 6.08 Å². The van der Waals surface area contributed by atoms with E-state index in [4.69, 9.17) is 14.2 Å². The van der Waals surface area contributed by atoms with Crippen LogP contribution in [0.2, 0.25) is 0 Å². The molecule has 14 heavy (non-hydrogen) atoms. The molecule has 0 radical (unpaired) electrons. The number of rotatable bonds is 6. The number of nitrogens with zero attached hydrogens (tertiary/aromatic N) is 1. The lowest BCUT2D eigenvalue weighted by atomic mass is 10.3. The van der Waals surface area contributed by atoms with Crippen molar-refractivity contribution >= 4 is 6.09 Å². The summed E-state index contributed by atoms with van der Waals surface area (Å²) >= 11 is 0. The van der Waals surface area contributed by atoms with Gasteiger partial charge < -0.3 is 14.2 Å². The van der Waals surface area contributed by atoms with Gasteiger partial charge in [-0.05, 0) is 0 Å². The zero-order valence-electron chi connectivity index (χ0n) is 8.27. The average molecular weight is 201 g/mol. The molecule has 1 saturated heterocycles. The zero-order valence-corrected chi connectivity index (χ0v) is 8.27. The summed E-state index contributed by atoms with van der Waals surface area (Å²) in [6.45, 7) is 5.08. The predicted molar refractivity (Wildman–Crippen MR) is 49.9 cm³/mol. The molecule has 1 heterocycles. The molecule has 0 spiro atoms. The molecule has 0 bridgehead atoms. The molecular formula is C9H15NO4. The van der Waals surface area contributed by atoms with E-state index in [1.165, 1.54) is 0 Å². The molecule has 0 N–H and O–H groups in total. The first kappa shape index (κ1) is 11.0. The molecule has 1 atom stereocenters.